The fourth-order valence-corrected chi connectivity index (χ4v) is 3.12. The van der Waals surface area contributed by atoms with Gasteiger partial charge in [0, 0.05) is 48.6 Å². The molecule has 21 heavy (non-hydrogen) atoms. The maximum Gasteiger partial charge on any atom is 0.133 e. The zero-order chi connectivity index (χ0) is 14.7. The van der Waals surface area contributed by atoms with Crippen molar-refractivity contribution in [1.29, 1.82) is 0 Å². The highest BCUT2D eigenvalue weighted by Crippen LogP contribution is 2.25. The van der Waals surface area contributed by atoms with Gasteiger partial charge in [0.05, 0.1) is 5.88 Å². The molecular weight excluding hydrogens is 352 g/mol. The third-order valence-electron chi connectivity index (χ3n) is 3.61. The highest BCUT2D eigenvalue weighted by molar-refractivity contribution is 9.10. The van der Waals surface area contributed by atoms with Gasteiger partial charge in [-0.05, 0) is 34.1 Å². The van der Waals surface area contributed by atoms with E-state index in [9.17, 15) is 0 Å². The first-order chi connectivity index (χ1) is 10.3. The molecule has 2 aromatic rings. The van der Waals surface area contributed by atoms with Crippen molar-refractivity contribution in [1.82, 2.24) is 9.97 Å². The molecule has 0 bridgehead atoms. The first-order valence-electron chi connectivity index (χ1n) is 6.89. The highest BCUT2D eigenvalue weighted by Gasteiger charge is 2.20. The van der Waals surface area contributed by atoms with Crippen LogP contribution in [0.5, 0.6) is 0 Å². The van der Waals surface area contributed by atoms with E-state index in [-0.39, 0.29) is 0 Å². The van der Waals surface area contributed by atoms with E-state index in [1.165, 1.54) is 0 Å². The van der Waals surface area contributed by atoms with Crippen molar-refractivity contribution in [3.63, 3.8) is 0 Å². The molecule has 110 valence electrons. The van der Waals surface area contributed by atoms with Crippen LogP contribution < -0.4 is 9.80 Å². The second-order valence-electron chi connectivity index (χ2n) is 4.93. The van der Waals surface area contributed by atoms with Crippen LogP contribution in [0.3, 0.4) is 0 Å². The Morgan fingerprint density at radius 2 is 1.86 bits per heavy atom. The quantitative estimate of drug-likeness (QED) is 0.779. The normalized spacial score (nSPS) is 15.3. The molecule has 3 heterocycles. The molecule has 6 heteroatoms. The topological polar surface area (TPSA) is 32.3 Å². The van der Waals surface area contributed by atoms with Gasteiger partial charge in [0.25, 0.3) is 0 Å². The van der Waals surface area contributed by atoms with E-state index in [0.29, 0.717) is 5.88 Å². The van der Waals surface area contributed by atoms with Crippen molar-refractivity contribution in [2.75, 3.05) is 36.0 Å². The first-order valence-corrected chi connectivity index (χ1v) is 8.22. The van der Waals surface area contributed by atoms with Gasteiger partial charge < -0.3 is 9.80 Å². The minimum Gasteiger partial charge on any atom is -0.353 e. The lowest BCUT2D eigenvalue weighted by atomic mass is 10.2. The van der Waals surface area contributed by atoms with Crippen LogP contribution in [0.15, 0.2) is 41.1 Å². The molecule has 1 fully saturated rings. The summed E-state index contributed by atoms with van der Waals surface area (Å²) in [6.45, 7) is 3.73. The number of rotatable bonds is 3. The van der Waals surface area contributed by atoms with Crippen LogP contribution in [0, 0.1) is 0 Å². The largest absolute Gasteiger partial charge is 0.353 e. The maximum atomic E-state index is 6.04. The van der Waals surface area contributed by atoms with Crippen molar-refractivity contribution >= 4 is 39.2 Å². The van der Waals surface area contributed by atoms with Crippen LogP contribution in [0.1, 0.15) is 5.56 Å². The average molecular weight is 368 g/mol. The molecule has 1 saturated heterocycles. The van der Waals surface area contributed by atoms with Gasteiger partial charge in [-0.1, -0.05) is 6.07 Å². The predicted octanol–water partition coefficient (Wildman–Crippen LogP) is 3.30. The van der Waals surface area contributed by atoms with Crippen LogP contribution in [-0.2, 0) is 5.88 Å². The summed E-state index contributed by atoms with van der Waals surface area (Å²) in [5.41, 5.74) is 1.07. The van der Waals surface area contributed by atoms with Crippen molar-refractivity contribution in [2.24, 2.45) is 0 Å². The van der Waals surface area contributed by atoms with E-state index in [0.717, 1.165) is 47.9 Å². The SMILES string of the molecule is ClCc1cc(Br)cnc1N1CCN(c2ccccn2)CC1. The Hall–Kier alpha value is -1.33. The van der Waals surface area contributed by atoms with Crippen molar-refractivity contribution in [3.05, 3.63) is 46.7 Å². The molecule has 0 unspecified atom stereocenters. The van der Waals surface area contributed by atoms with Crippen LogP contribution in [0.25, 0.3) is 0 Å². The second kappa shape index (κ2) is 6.62. The van der Waals surface area contributed by atoms with Gasteiger partial charge in [-0.3, -0.25) is 0 Å². The average Bonchev–Trinajstić information content (AvgIpc) is 2.56. The zero-order valence-electron chi connectivity index (χ0n) is 11.5. The molecule has 0 amide bonds. The van der Waals surface area contributed by atoms with Crippen molar-refractivity contribution in [3.8, 4) is 0 Å². The molecule has 1 aliphatic heterocycles. The number of pyridine rings is 2. The number of piperazine rings is 1. The zero-order valence-corrected chi connectivity index (χ0v) is 13.9. The number of aromatic nitrogens is 2. The van der Waals surface area contributed by atoms with Gasteiger partial charge >= 0.3 is 0 Å². The van der Waals surface area contributed by atoms with Crippen LogP contribution in [0.2, 0.25) is 0 Å². The summed E-state index contributed by atoms with van der Waals surface area (Å²) >= 11 is 9.49. The number of hydrogen-bond donors (Lipinski definition) is 0. The molecule has 0 aromatic carbocycles. The summed E-state index contributed by atoms with van der Waals surface area (Å²) in [6, 6.07) is 8.06. The van der Waals surface area contributed by atoms with Gasteiger partial charge in [0.15, 0.2) is 0 Å². The van der Waals surface area contributed by atoms with E-state index < -0.39 is 0 Å². The first kappa shape index (κ1) is 14.6. The minimum absolute atomic E-state index is 0.474. The van der Waals surface area contributed by atoms with Crippen molar-refractivity contribution in [2.45, 2.75) is 5.88 Å². The van der Waals surface area contributed by atoms with E-state index in [2.05, 4.69) is 41.8 Å². The standard InChI is InChI=1S/C15H16BrClN4/c16-13-9-12(10-17)15(19-11-13)21-7-5-20(6-8-21)14-3-1-2-4-18-14/h1-4,9,11H,5-8,10H2. The smallest absolute Gasteiger partial charge is 0.133 e. The Kier molecular flexibility index (Phi) is 4.60. The number of alkyl halides is 1. The number of halogens is 2. The third-order valence-corrected chi connectivity index (χ3v) is 4.33. The predicted molar refractivity (Wildman–Crippen MR) is 90.2 cm³/mol. The monoisotopic (exact) mass is 366 g/mol. The molecular formula is C15H16BrClN4. The number of nitrogens with zero attached hydrogens (tertiary/aromatic N) is 4. The summed E-state index contributed by atoms with van der Waals surface area (Å²) in [5.74, 6) is 2.51. The van der Waals surface area contributed by atoms with E-state index in [4.69, 9.17) is 11.6 Å². The Morgan fingerprint density at radius 3 is 2.52 bits per heavy atom. The molecule has 1 aliphatic rings. The molecule has 0 N–H and O–H groups in total. The Bertz CT molecular complexity index is 600. The summed E-state index contributed by atoms with van der Waals surface area (Å²) in [7, 11) is 0. The van der Waals surface area contributed by atoms with E-state index in [1.54, 1.807) is 0 Å². The van der Waals surface area contributed by atoms with Crippen molar-refractivity contribution < 1.29 is 0 Å². The molecule has 0 aliphatic carbocycles. The fourth-order valence-electron chi connectivity index (χ4n) is 2.55. The van der Waals surface area contributed by atoms with Gasteiger partial charge in [0.1, 0.15) is 11.6 Å². The van der Waals surface area contributed by atoms with E-state index >= 15 is 0 Å². The summed E-state index contributed by atoms with van der Waals surface area (Å²) in [6.07, 6.45) is 3.67. The molecule has 4 nitrogen and oxygen atoms in total. The lowest BCUT2D eigenvalue weighted by Gasteiger charge is -2.36. The Morgan fingerprint density at radius 1 is 1.10 bits per heavy atom. The minimum atomic E-state index is 0.474. The van der Waals surface area contributed by atoms with Gasteiger partial charge in [0.2, 0.25) is 0 Å². The fraction of sp³-hybridized carbons (Fsp3) is 0.333. The second-order valence-corrected chi connectivity index (χ2v) is 6.11. The number of anilines is 2. The third kappa shape index (κ3) is 3.30. The maximum absolute atomic E-state index is 6.04. The van der Waals surface area contributed by atoms with Gasteiger partial charge in [-0.2, -0.15) is 0 Å². The Balaban J connectivity index is 1.71. The summed E-state index contributed by atoms with van der Waals surface area (Å²) < 4.78 is 0.967. The van der Waals surface area contributed by atoms with Gasteiger partial charge in [-0.15, -0.1) is 11.6 Å². The Labute approximate surface area is 137 Å². The van der Waals surface area contributed by atoms with E-state index in [1.807, 2.05) is 30.6 Å². The van der Waals surface area contributed by atoms with Gasteiger partial charge in [-0.25, -0.2) is 9.97 Å². The lowest BCUT2D eigenvalue weighted by Crippen LogP contribution is -2.47. The summed E-state index contributed by atoms with van der Waals surface area (Å²) in [5, 5.41) is 0. The molecule has 3 rings (SSSR count). The molecule has 0 atom stereocenters. The molecule has 0 radical (unpaired) electrons. The summed E-state index contributed by atoms with van der Waals surface area (Å²) in [4.78, 5) is 13.5. The lowest BCUT2D eigenvalue weighted by molar-refractivity contribution is 0.640. The molecule has 2 aromatic heterocycles. The van der Waals surface area contributed by atoms with Crippen LogP contribution in [0.4, 0.5) is 11.6 Å². The van der Waals surface area contributed by atoms with Crippen LogP contribution >= 0.6 is 27.5 Å². The molecule has 0 spiro atoms. The highest BCUT2D eigenvalue weighted by atomic mass is 79.9. The van der Waals surface area contributed by atoms with Crippen LogP contribution in [-0.4, -0.2) is 36.1 Å². The molecule has 0 saturated carbocycles. The number of hydrogen-bond acceptors (Lipinski definition) is 4.